The molecule has 0 aromatic heterocycles. The molecule has 0 bridgehead atoms. The van der Waals surface area contributed by atoms with Gasteiger partial charge in [0.2, 0.25) is 5.91 Å². The second kappa shape index (κ2) is 6.10. The summed E-state index contributed by atoms with van der Waals surface area (Å²) in [5, 5.41) is 4.03. The van der Waals surface area contributed by atoms with Crippen molar-refractivity contribution in [2.24, 2.45) is 11.7 Å². The Morgan fingerprint density at radius 3 is 2.41 bits per heavy atom. The Balaban J connectivity index is 1.72. The first-order chi connectivity index (χ1) is 8.19. The summed E-state index contributed by atoms with van der Waals surface area (Å²) in [4.78, 5) is 12.0. The van der Waals surface area contributed by atoms with Gasteiger partial charge in [0.15, 0.2) is 0 Å². The van der Waals surface area contributed by atoms with Gasteiger partial charge >= 0.3 is 0 Å². The molecule has 2 unspecified atom stereocenters. The highest BCUT2D eigenvalue weighted by Gasteiger charge is 2.30. The van der Waals surface area contributed by atoms with Crippen LogP contribution in [0, 0.1) is 5.92 Å². The summed E-state index contributed by atoms with van der Waals surface area (Å²) in [5.74, 6) is 0.439. The summed E-state index contributed by atoms with van der Waals surface area (Å²) in [5.41, 5.74) is 5.85. The molecule has 2 aliphatic rings. The predicted molar refractivity (Wildman–Crippen MR) is 73.0 cm³/mol. The molecule has 2 atom stereocenters. The molecule has 2 aliphatic carbocycles. The molecule has 2 fully saturated rings. The van der Waals surface area contributed by atoms with Crippen LogP contribution in [0.5, 0.6) is 0 Å². The lowest BCUT2D eigenvalue weighted by Crippen LogP contribution is -2.41. The second-order valence-electron chi connectivity index (χ2n) is 5.49. The predicted octanol–water partition coefficient (Wildman–Crippen LogP) is 1.90. The van der Waals surface area contributed by atoms with Gasteiger partial charge < -0.3 is 11.1 Å². The first-order valence-corrected chi connectivity index (χ1v) is 8.06. The first-order valence-electron chi connectivity index (χ1n) is 6.77. The van der Waals surface area contributed by atoms with Crippen LogP contribution < -0.4 is 11.1 Å². The van der Waals surface area contributed by atoms with Crippen LogP contribution in [0.1, 0.15) is 44.9 Å². The number of amides is 1. The summed E-state index contributed by atoms with van der Waals surface area (Å²) in [6.07, 6.45) is 9.85. The molecule has 3 nitrogen and oxygen atoms in total. The maximum atomic E-state index is 12.0. The first kappa shape index (κ1) is 13.2. The number of hydrogen-bond acceptors (Lipinski definition) is 3. The molecule has 0 aromatic carbocycles. The van der Waals surface area contributed by atoms with E-state index in [9.17, 15) is 4.79 Å². The second-order valence-corrected chi connectivity index (χ2v) is 6.63. The van der Waals surface area contributed by atoms with Gasteiger partial charge in [0.05, 0.1) is 0 Å². The molecule has 0 aromatic rings. The van der Waals surface area contributed by atoms with E-state index in [4.69, 9.17) is 5.73 Å². The van der Waals surface area contributed by atoms with Crippen molar-refractivity contribution in [3.8, 4) is 0 Å². The molecule has 98 valence electrons. The molecule has 2 saturated carbocycles. The summed E-state index contributed by atoms with van der Waals surface area (Å²) >= 11 is 1.96. The zero-order valence-corrected chi connectivity index (χ0v) is 11.5. The Kier molecular flexibility index (Phi) is 4.74. The van der Waals surface area contributed by atoms with E-state index in [0.29, 0.717) is 6.04 Å². The quantitative estimate of drug-likeness (QED) is 0.811. The molecule has 17 heavy (non-hydrogen) atoms. The van der Waals surface area contributed by atoms with Crippen molar-refractivity contribution in [3.05, 3.63) is 0 Å². The zero-order chi connectivity index (χ0) is 12.3. The minimum Gasteiger partial charge on any atom is -0.353 e. The normalized spacial score (nSPS) is 38.0. The van der Waals surface area contributed by atoms with E-state index in [2.05, 4.69) is 11.6 Å². The maximum Gasteiger partial charge on any atom is 0.223 e. The Morgan fingerprint density at radius 1 is 1.18 bits per heavy atom. The van der Waals surface area contributed by atoms with E-state index in [1.54, 1.807) is 0 Å². The average Bonchev–Trinajstić information content (AvgIpc) is 2.77. The summed E-state index contributed by atoms with van der Waals surface area (Å²) in [7, 11) is 0. The monoisotopic (exact) mass is 256 g/mol. The van der Waals surface area contributed by atoms with Gasteiger partial charge in [-0.2, -0.15) is 11.8 Å². The molecule has 0 heterocycles. The topological polar surface area (TPSA) is 55.1 Å². The van der Waals surface area contributed by atoms with Crippen molar-refractivity contribution >= 4 is 17.7 Å². The highest BCUT2D eigenvalue weighted by molar-refractivity contribution is 7.99. The smallest absolute Gasteiger partial charge is 0.223 e. The van der Waals surface area contributed by atoms with Crippen LogP contribution in [0.3, 0.4) is 0 Å². The number of carbonyl (C=O) groups excluding carboxylic acids is 1. The molecule has 3 N–H and O–H groups in total. The van der Waals surface area contributed by atoms with Gasteiger partial charge in [-0.3, -0.25) is 4.79 Å². The molecule has 0 saturated heterocycles. The number of carbonyl (C=O) groups is 1. The van der Waals surface area contributed by atoms with Crippen molar-refractivity contribution in [1.29, 1.82) is 0 Å². The summed E-state index contributed by atoms with van der Waals surface area (Å²) in [6.45, 7) is 0. The highest BCUT2D eigenvalue weighted by atomic mass is 32.2. The third-order valence-electron chi connectivity index (χ3n) is 4.20. The Hall–Kier alpha value is -0.220. The van der Waals surface area contributed by atoms with Gasteiger partial charge in [0.25, 0.3) is 0 Å². The van der Waals surface area contributed by atoms with Gasteiger partial charge in [-0.1, -0.05) is 0 Å². The third-order valence-corrected chi connectivity index (χ3v) is 5.34. The number of rotatable bonds is 3. The van der Waals surface area contributed by atoms with E-state index in [-0.39, 0.29) is 17.9 Å². The molecule has 2 rings (SSSR count). The van der Waals surface area contributed by atoms with Crippen LogP contribution in [0.25, 0.3) is 0 Å². The van der Waals surface area contributed by atoms with E-state index in [1.807, 2.05) is 11.8 Å². The molecular weight excluding hydrogens is 232 g/mol. The van der Waals surface area contributed by atoms with Gasteiger partial charge in [0, 0.05) is 23.3 Å². The van der Waals surface area contributed by atoms with E-state index in [1.165, 1.54) is 12.8 Å². The fourth-order valence-electron chi connectivity index (χ4n) is 3.02. The number of nitrogens with one attached hydrogen (secondary N) is 1. The van der Waals surface area contributed by atoms with Crippen LogP contribution in [0.2, 0.25) is 0 Å². The van der Waals surface area contributed by atoms with Crippen molar-refractivity contribution in [2.45, 2.75) is 62.3 Å². The van der Waals surface area contributed by atoms with Crippen LogP contribution in [0.4, 0.5) is 0 Å². The van der Waals surface area contributed by atoms with Gasteiger partial charge in [0.1, 0.15) is 0 Å². The van der Waals surface area contributed by atoms with Gasteiger partial charge in [-0.05, 0) is 51.2 Å². The molecule has 0 radical (unpaired) electrons. The van der Waals surface area contributed by atoms with Crippen LogP contribution in [0.15, 0.2) is 0 Å². The minimum absolute atomic E-state index is 0.184. The molecule has 1 amide bonds. The zero-order valence-electron chi connectivity index (χ0n) is 10.7. The van der Waals surface area contributed by atoms with Crippen LogP contribution in [-0.4, -0.2) is 29.5 Å². The fourth-order valence-corrected chi connectivity index (χ4v) is 3.76. The summed E-state index contributed by atoms with van der Waals surface area (Å²) in [6, 6.07) is 0.667. The maximum absolute atomic E-state index is 12.0. The minimum atomic E-state index is 0.184. The van der Waals surface area contributed by atoms with E-state index >= 15 is 0 Å². The lowest BCUT2D eigenvalue weighted by Gasteiger charge is -2.28. The van der Waals surface area contributed by atoms with Gasteiger partial charge in [-0.25, -0.2) is 0 Å². The molecule has 4 heteroatoms. The SMILES string of the molecule is CSC1CCC(NC(=O)C2CCC(N)C2)CC1. The lowest BCUT2D eigenvalue weighted by molar-refractivity contribution is -0.125. The lowest BCUT2D eigenvalue weighted by atomic mass is 9.94. The van der Waals surface area contributed by atoms with Gasteiger partial charge in [-0.15, -0.1) is 0 Å². The molecule has 0 spiro atoms. The average molecular weight is 256 g/mol. The van der Waals surface area contributed by atoms with Crippen molar-refractivity contribution in [2.75, 3.05) is 6.26 Å². The van der Waals surface area contributed by atoms with Crippen LogP contribution >= 0.6 is 11.8 Å². The van der Waals surface area contributed by atoms with E-state index < -0.39 is 0 Å². The van der Waals surface area contributed by atoms with E-state index in [0.717, 1.165) is 37.4 Å². The van der Waals surface area contributed by atoms with Crippen LogP contribution in [-0.2, 0) is 4.79 Å². The standard InChI is InChI=1S/C13H24N2OS/c1-17-12-6-4-11(5-7-12)15-13(16)9-2-3-10(14)8-9/h9-12H,2-8,14H2,1H3,(H,15,16). The van der Waals surface area contributed by atoms with Crippen molar-refractivity contribution in [1.82, 2.24) is 5.32 Å². The Labute approximate surface area is 108 Å². The Morgan fingerprint density at radius 2 is 1.88 bits per heavy atom. The number of hydrogen-bond donors (Lipinski definition) is 2. The molecule has 0 aliphatic heterocycles. The van der Waals surface area contributed by atoms with Crippen molar-refractivity contribution in [3.63, 3.8) is 0 Å². The van der Waals surface area contributed by atoms with Crippen molar-refractivity contribution < 1.29 is 4.79 Å². The number of nitrogens with two attached hydrogens (primary N) is 1. The number of thioether (sulfide) groups is 1. The molecular formula is C13H24N2OS. The highest BCUT2D eigenvalue weighted by Crippen LogP contribution is 2.28. The summed E-state index contributed by atoms with van der Waals surface area (Å²) < 4.78 is 0. The Bertz CT molecular complexity index is 264. The largest absolute Gasteiger partial charge is 0.353 e. The third kappa shape index (κ3) is 3.62. The fraction of sp³-hybridized carbons (Fsp3) is 0.923.